The molecule has 0 radical (unpaired) electrons. The Morgan fingerprint density at radius 2 is 2.13 bits per heavy atom. The van der Waals surface area contributed by atoms with Crippen molar-refractivity contribution in [3.05, 3.63) is 45.5 Å². The molecular weight excluding hydrogens is 194 g/mol. The monoisotopic (exact) mass is 205 g/mol. The highest BCUT2D eigenvalue weighted by Crippen LogP contribution is 2.20. The lowest BCUT2D eigenvalue weighted by atomic mass is 10.1. The van der Waals surface area contributed by atoms with E-state index in [1.165, 1.54) is 6.07 Å². The minimum atomic E-state index is -0.454. The predicted molar refractivity (Wildman–Crippen MR) is 57.4 cm³/mol. The van der Waals surface area contributed by atoms with Crippen molar-refractivity contribution in [2.75, 3.05) is 0 Å². The van der Waals surface area contributed by atoms with Crippen LogP contribution in [0, 0.1) is 10.1 Å². The van der Waals surface area contributed by atoms with E-state index in [1.54, 1.807) is 24.3 Å². The van der Waals surface area contributed by atoms with Crippen molar-refractivity contribution in [1.29, 1.82) is 0 Å². The second-order valence-electron chi connectivity index (χ2n) is 3.01. The van der Waals surface area contributed by atoms with Crippen LogP contribution in [0.15, 0.2) is 29.8 Å². The highest BCUT2D eigenvalue weighted by Gasteiger charge is 2.10. The second kappa shape index (κ2) is 5.05. The summed E-state index contributed by atoms with van der Waals surface area (Å²) < 4.78 is 0. The van der Waals surface area contributed by atoms with Crippen LogP contribution >= 0.6 is 0 Å². The lowest BCUT2D eigenvalue weighted by Crippen LogP contribution is -1.92. The van der Waals surface area contributed by atoms with Crippen molar-refractivity contribution in [3.63, 3.8) is 0 Å². The van der Waals surface area contributed by atoms with E-state index in [0.717, 1.165) is 6.29 Å². The van der Waals surface area contributed by atoms with Crippen LogP contribution in [0.4, 0.5) is 5.69 Å². The van der Waals surface area contributed by atoms with Crippen LogP contribution in [0.3, 0.4) is 0 Å². The number of hydrogen-bond donors (Lipinski definition) is 0. The maximum atomic E-state index is 10.7. The van der Waals surface area contributed by atoms with Crippen molar-refractivity contribution < 1.29 is 9.72 Å². The fourth-order valence-corrected chi connectivity index (χ4v) is 1.20. The molecule has 4 nitrogen and oxygen atoms in total. The molecule has 0 heterocycles. The normalized spacial score (nSPS) is 11.1. The van der Waals surface area contributed by atoms with E-state index < -0.39 is 4.92 Å². The molecule has 0 aliphatic rings. The number of para-hydroxylation sites is 1. The molecule has 0 spiro atoms. The zero-order valence-electron chi connectivity index (χ0n) is 8.34. The molecule has 0 N–H and O–H groups in total. The maximum absolute atomic E-state index is 10.7. The minimum Gasteiger partial charge on any atom is -0.298 e. The number of benzene rings is 1. The summed E-state index contributed by atoms with van der Waals surface area (Å²) in [6.45, 7) is 1.83. The van der Waals surface area contributed by atoms with Gasteiger partial charge in [0.05, 0.1) is 10.5 Å². The van der Waals surface area contributed by atoms with Crippen molar-refractivity contribution in [1.82, 2.24) is 0 Å². The van der Waals surface area contributed by atoms with Crippen LogP contribution in [0.2, 0.25) is 0 Å². The standard InChI is InChI=1S/C11H11NO3/c1-2-9(8-13)7-10-5-3-4-6-11(10)12(14)15/h3-8H,2H2,1H3/b9-7+. The topological polar surface area (TPSA) is 60.2 Å². The van der Waals surface area contributed by atoms with Gasteiger partial charge in [0, 0.05) is 6.07 Å². The molecule has 0 aromatic heterocycles. The fraction of sp³-hybridized carbons (Fsp3) is 0.182. The third-order valence-electron chi connectivity index (χ3n) is 2.03. The van der Waals surface area contributed by atoms with E-state index in [4.69, 9.17) is 0 Å². The summed E-state index contributed by atoms with van der Waals surface area (Å²) in [6, 6.07) is 6.35. The summed E-state index contributed by atoms with van der Waals surface area (Å²) >= 11 is 0. The smallest absolute Gasteiger partial charge is 0.276 e. The molecule has 0 aliphatic heterocycles. The molecule has 0 bridgehead atoms. The van der Waals surface area contributed by atoms with E-state index >= 15 is 0 Å². The van der Waals surface area contributed by atoms with Gasteiger partial charge in [-0.05, 0) is 24.1 Å². The lowest BCUT2D eigenvalue weighted by Gasteiger charge is -1.98. The molecule has 0 saturated heterocycles. The van der Waals surface area contributed by atoms with Crippen LogP contribution in [0.5, 0.6) is 0 Å². The molecule has 0 amide bonds. The Morgan fingerprint density at radius 3 is 2.67 bits per heavy atom. The Bertz CT molecular complexity index is 410. The van der Waals surface area contributed by atoms with Crippen molar-refractivity contribution in [3.8, 4) is 0 Å². The number of nitro groups is 1. The number of nitrogens with zero attached hydrogens (tertiary/aromatic N) is 1. The zero-order chi connectivity index (χ0) is 11.3. The van der Waals surface area contributed by atoms with E-state index in [-0.39, 0.29) is 5.69 Å². The number of hydrogen-bond acceptors (Lipinski definition) is 3. The van der Waals surface area contributed by atoms with Gasteiger partial charge in [-0.2, -0.15) is 0 Å². The first kappa shape index (κ1) is 11.1. The molecule has 1 rings (SSSR count). The summed E-state index contributed by atoms with van der Waals surface area (Å²) in [7, 11) is 0. The summed E-state index contributed by atoms with van der Waals surface area (Å²) in [5.74, 6) is 0. The van der Waals surface area contributed by atoms with Gasteiger partial charge in [0.1, 0.15) is 6.29 Å². The lowest BCUT2D eigenvalue weighted by molar-refractivity contribution is -0.385. The Morgan fingerprint density at radius 1 is 1.47 bits per heavy atom. The maximum Gasteiger partial charge on any atom is 0.276 e. The molecule has 0 atom stereocenters. The first-order valence-electron chi connectivity index (χ1n) is 4.58. The van der Waals surface area contributed by atoms with E-state index in [1.807, 2.05) is 6.92 Å². The van der Waals surface area contributed by atoms with Gasteiger partial charge >= 0.3 is 0 Å². The number of aldehydes is 1. The highest BCUT2D eigenvalue weighted by atomic mass is 16.6. The third kappa shape index (κ3) is 2.74. The quantitative estimate of drug-likeness (QED) is 0.328. The molecule has 1 aromatic rings. The molecule has 78 valence electrons. The molecule has 0 fully saturated rings. The summed E-state index contributed by atoms with van der Waals surface area (Å²) in [6.07, 6.45) is 2.83. The van der Waals surface area contributed by atoms with Gasteiger partial charge in [-0.25, -0.2) is 0 Å². The molecule has 1 aromatic carbocycles. The number of rotatable bonds is 4. The van der Waals surface area contributed by atoms with Crippen LogP contribution in [-0.2, 0) is 4.79 Å². The second-order valence-corrected chi connectivity index (χ2v) is 3.01. The Labute approximate surface area is 87.4 Å². The van der Waals surface area contributed by atoms with E-state index in [0.29, 0.717) is 17.6 Å². The van der Waals surface area contributed by atoms with Crippen LogP contribution < -0.4 is 0 Å². The first-order chi connectivity index (χ1) is 7.19. The summed E-state index contributed by atoms with van der Waals surface area (Å²) in [5, 5.41) is 10.7. The van der Waals surface area contributed by atoms with Crippen LogP contribution in [-0.4, -0.2) is 11.2 Å². The van der Waals surface area contributed by atoms with Crippen LogP contribution in [0.25, 0.3) is 6.08 Å². The van der Waals surface area contributed by atoms with Crippen molar-refractivity contribution in [2.24, 2.45) is 0 Å². The number of allylic oxidation sites excluding steroid dienone is 1. The summed E-state index contributed by atoms with van der Waals surface area (Å²) in [4.78, 5) is 20.8. The van der Waals surface area contributed by atoms with Crippen molar-refractivity contribution >= 4 is 18.0 Å². The Balaban J connectivity index is 3.19. The van der Waals surface area contributed by atoms with Gasteiger partial charge in [0.25, 0.3) is 5.69 Å². The average Bonchev–Trinajstić information content (AvgIpc) is 2.26. The fourth-order valence-electron chi connectivity index (χ4n) is 1.20. The summed E-state index contributed by atoms with van der Waals surface area (Å²) in [5.41, 5.74) is 1.03. The van der Waals surface area contributed by atoms with Gasteiger partial charge in [-0.1, -0.05) is 19.1 Å². The highest BCUT2D eigenvalue weighted by molar-refractivity contribution is 5.83. The van der Waals surface area contributed by atoms with Gasteiger partial charge in [0.2, 0.25) is 0 Å². The van der Waals surface area contributed by atoms with Crippen LogP contribution in [0.1, 0.15) is 18.9 Å². The van der Waals surface area contributed by atoms with E-state index in [2.05, 4.69) is 0 Å². The van der Waals surface area contributed by atoms with Gasteiger partial charge in [-0.15, -0.1) is 0 Å². The number of carbonyl (C=O) groups excluding carboxylic acids is 1. The molecule has 4 heteroatoms. The van der Waals surface area contributed by atoms with Gasteiger partial charge in [-0.3, -0.25) is 14.9 Å². The SMILES string of the molecule is CC/C(C=O)=C\c1ccccc1[N+](=O)[O-]. The first-order valence-corrected chi connectivity index (χ1v) is 4.58. The van der Waals surface area contributed by atoms with E-state index in [9.17, 15) is 14.9 Å². The van der Waals surface area contributed by atoms with Gasteiger partial charge < -0.3 is 0 Å². The zero-order valence-corrected chi connectivity index (χ0v) is 8.34. The van der Waals surface area contributed by atoms with Gasteiger partial charge in [0.15, 0.2) is 0 Å². The predicted octanol–water partition coefficient (Wildman–Crippen LogP) is 2.59. The third-order valence-corrected chi connectivity index (χ3v) is 2.03. The number of nitro benzene ring substituents is 1. The van der Waals surface area contributed by atoms with Crippen molar-refractivity contribution in [2.45, 2.75) is 13.3 Å². The molecule has 0 aliphatic carbocycles. The average molecular weight is 205 g/mol. The Kier molecular flexibility index (Phi) is 3.74. The molecule has 0 saturated carbocycles. The largest absolute Gasteiger partial charge is 0.298 e. The molecule has 15 heavy (non-hydrogen) atoms. The molecule has 0 unspecified atom stereocenters. The minimum absolute atomic E-state index is 0.0188. The number of carbonyl (C=O) groups is 1. The Hall–Kier alpha value is -1.97. The molecular formula is C11H11NO3.